The van der Waals surface area contributed by atoms with E-state index in [-0.39, 0.29) is 42.6 Å². The van der Waals surface area contributed by atoms with Crippen molar-refractivity contribution in [2.24, 2.45) is 0 Å². The number of rotatable bonds is 8. The molecule has 0 bridgehead atoms. The zero-order valence-electron chi connectivity index (χ0n) is 15.9. The van der Waals surface area contributed by atoms with Gasteiger partial charge in [0.15, 0.2) is 0 Å². The predicted octanol–water partition coefficient (Wildman–Crippen LogP) is 1.57. The van der Waals surface area contributed by atoms with Crippen molar-refractivity contribution in [1.29, 1.82) is 0 Å². The Balaban J connectivity index is 0.00000300. The summed E-state index contributed by atoms with van der Waals surface area (Å²) >= 11 is 0. The standard InChI is InChI=1S/C20H23O7S.U/c1-15-7-9-17(10-8-15)28(23,24)27-14-20(13-21)19(18(22)12-26-20)25-11-16-5-3-2-4-6-16;/h2-10,12,18-19,21-22H,11,13-14H2,1H3;/q-1;/t18?,19?,20-;/m0./s1. The summed E-state index contributed by atoms with van der Waals surface area (Å²) in [5.41, 5.74) is 0.241. The molecule has 1 aliphatic rings. The molecule has 1 aliphatic heterocycles. The Morgan fingerprint density at radius 3 is 2.41 bits per heavy atom. The van der Waals surface area contributed by atoms with E-state index >= 15 is 0 Å². The van der Waals surface area contributed by atoms with Crippen molar-refractivity contribution >= 4 is 10.1 Å². The monoisotopic (exact) mass is 645 g/mol. The average molecular weight is 645 g/mol. The van der Waals surface area contributed by atoms with Gasteiger partial charge in [-0.25, -0.2) is 0 Å². The summed E-state index contributed by atoms with van der Waals surface area (Å²) in [7, 11) is -4.06. The van der Waals surface area contributed by atoms with E-state index in [9.17, 15) is 18.6 Å². The van der Waals surface area contributed by atoms with E-state index in [0.717, 1.165) is 17.7 Å². The molecular weight excluding hydrogens is 622 g/mol. The van der Waals surface area contributed by atoms with Gasteiger partial charge < -0.3 is 19.7 Å². The maximum absolute atomic E-state index is 12.5. The Hall–Kier alpha value is -0.758. The number of ether oxygens (including phenoxy) is 2. The smallest absolute Gasteiger partial charge is 0.297 e. The van der Waals surface area contributed by atoms with Crippen molar-refractivity contribution in [2.45, 2.75) is 36.2 Å². The molecular formula is C20H23O7SU-. The fraction of sp³-hybridized carbons (Fsp3) is 0.350. The van der Waals surface area contributed by atoms with Gasteiger partial charge in [0, 0.05) is 31.1 Å². The molecule has 29 heavy (non-hydrogen) atoms. The van der Waals surface area contributed by atoms with E-state index in [1.165, 1.54) is 12.1 Å². The van der Waals surface area contributed by atoms with Crippen LogP contribution in [-0.2, 0) is 30.4 Å². The number of aryl methyl sites for hydroxylation is 1. The second kappa shape index (κ2) is 10.5. The van der Waals surface area contributed by atoms with Crippen LogP contribution >= 0.6 is 0 Å². The molecule has 0 spiro atoms. The molecule has 7 nitrogen and oxygen atoms in total. The van der Waals surface area contributed by atoms with Crippen LogP contribution < -0.4 is 0 Å². The van der Waals surface area contributed by atoms with Gasteiger partial charge in [0.05, 0.1) is 30.8 Å². The zero-order valence-corrected chi connectivity index (χ0v) is 20.9. The quantitative estimate of drug-likeness (QED) is 0.332. The van der Waals surface area contributed by atoms with Gasteiger partial charge in [-0.3, -0.25) is 4.18 Å². The third-order valence-electron chi connectivity index (χ3n) is 4.58. The number of hydrogen-bond acceptors (Lipinski definition) is 7. The summed E-state index contributed by atoms with van der Waals surface area (Å²) in [5.74, 6) is 0. The van der Waals surface area contributed by atoms with Gasteiger partial charge in [-0.15, -0.1) is 0 Å². The Labute approximate surface area is 194 Å². The van der Waals surface area contributed by atoms with Gasteiger partial charge in [0.25, 0.3) is 10.1 Å². The van der Waals surface area contributed by atoms with Crippen molar-refractivity contribution < 1.29 is 63.4 Å². The molecule has 1 heterocycles. The van der Waals surface area contributed by atoms with Crippen LogP contribution in [0.15, 0.2) is 59.5 Å². The van der Waals surface area contributed by atoms with E-state index in [1.807, 2.05) is 37.3 Å². The van der Waals surface area contributed by atoms with E-state index in [0.29, 0.717) is 0 Å². The number of aliphatic hydroxyl groups excluding tert-OH is 2. The summed E-state index contributed by atoms with van der Waals surface area (Å²) in [6.07, 6.45) is -2.13. The van der Waals surface area contributed by atoms with Crippen LogP contribution in [0.4, 0.5) is 0 Å². The molecule has 0 saturated carbocycles. The van der Waals surface area contributed by atoms with Crippen LogP contribution in [-0.4, -0.2) is 49.7 Å². The largest absolute Gasteiger partial charge is 0.540 e. The van der Waals surface area contributed by atoms with Gasteiger partial charge in [-0.05, 0) is 30.7 Å². The minimum absolute atomic E-state index is 0. The van der Waals surface area contributed by atoms with Crippen molar-refractivity contribution in [1.82, 2.24) is 0 Å². The predicted molar refractivity (Wildman–Crippen MR) is 101 cm³/mol. The molecule has 2 unspecified atom stereocenters. The second-order valence-electron chi connectivity index (χ2n) is 6.71. The Bertz CT molecular complexity index is 873. The first kappa shape index (κ1) is 24.5. The summed E-state index contributed by atoms with van der Waals surface area (Å²) < 4.78 is 41.2. The molecule has 0 radical (unpaired) electrons. The van der Waals surface area contributed by atoms with Crippen molar-refractivity contribution in [3.8, 4) is 0 Å². The van der Waals surface area contributed by atoms with Crippen LogP contribution in [0.5, 0.6) is 0 Å². The second-order valence-corrected chi connectivity index (χ2v) is 8.33. The van der Waals surface area contributed by atoms with Crippen LogP contribution in [0.3, 0.4) is 0 Å². The molecule has 156 valence electrons. The van der Waals surface area contributed by atoms with Gasteiger partial charge in [-0.2, -0.15) is 15.0 Å². The molecule has 0 aliphatic carbocycles. The van der Waals surface area contributed by atoms with E-state index < -0.39 is 41.1 Å². The van der Waals surface area contributed by atoms with E-state index in [1.54, 1.807) is 12.1 Å². The summed E-state index contributed by atoms with van der Waals surface area (Å²) in [4.78, 5) is -0.00420. The first-order valence-electron chi connectivity index (χ1n) is 8.78. The maximum Gasteiger partial charge on any atom is 0.297 e. The molecule has 0 amide bonds. The summed E-state index contributed by atoms with van der Waals surface area (Å²) in [6, 6.07) is 15.5. The van der Waals surface area contributed by atoms with Gasteiger partial charge >= 0.3 is 0 Å². The normalized spacial score (nSPS) is 24.2. The van der Waals surface area contributed by atoms with Crippen LogP contribution in [0.25, 0.3) is 0 Å². The average Bonchev–Trinajstić information content (AvgIpc) is 3.02. The topological polar surface area (TPSA) is 102 Å². The molecule has 0 aromatic heterocycles. The van der Waals surface area contributed by atoms with E-state index in [4.69, 9.17) is 13.7 Å². The van der Waals surface area contributed by atoms with Crippen LogP contribution in [0.1, 0.15) is 11.1 Å². The number of benzene rings is 2. The molecule has 3 rings (SSSR count). The molecule has 2 aromatic rings. The van der Waals surface area contributed by atoms with Gasteiger partial charge in [-0.1, -0.05) is 48.0 Å². The SMILES string of the molecule is Cc1ccc(S(=O)(=O)OC[C@]2(CO)O[CH-]C(O)C2OCc2ccccc2)cc1.[U]. The van der Waals surface area contributed by atoms with Crippen molar-refractivity contribution in [3.05, 3.63) is 72.3 Å². The molecule has 2 N–H and O–H groups in total. The number of hydrogen-bond donors (Lipinski definition) is 2. The molecule has 1 fully saturated rings. The van der Waals surface area contributed by atoms with Gasteiger partial charge in [0.2, 0.25) is 0 Å². The molecule has 3 atom stereocenters. The summed E-state index contributed by atoms with van der Waals surface area (Å²) in [5, 5.41) is 20.1. The molecule has 9 heteroatoms. The Kier molecular flexibility index (Phi) is 8.89. The van der Waals surface area contributed by atoms with Crippen LogP contribution in [0, 0.1) is 44.6 Å². The first-order chi connectivity index (χ1) is 13.4. The Morgan fingerprint density at radius 1 is 1.14 bits per heavy atom. The van der Waals surface area contributed by atoms with Crippen molar-refractivity contribution in [3.63, 3.8) is 0 Å². The minimum atomic E-state index is -4.06. The fourth-order valence-electron chi connectivity index (χ4n) is 2.90. The number of aliphatic hydroxyl groups is 2. The third kappa shape index (κ3) is 5.90. The maximum atomic E-state index is 12.5. The molecule has 1 saturated heterocycles. The van der Waals surface area contributed by atoms with Crippen LogP contribution in [0.2, 0.25) is 0 Å². The minimum Gasteiger partial charge on any atom is -0.540 e. The van der Waals surface area contributed by atoms with Crippen molar-refractivity contribution in [2.75, 3.05) is 13.2 Å². The Morgan fingerprint density at radius 2 is 1.79 bits per heavy atom. The molecule has 2 aromatic carbocycles. The fourth-order valence-corrected chi connectivity index (χ4v) is 3.87. The summed E-state index contributed by atoms with van der Waals surface area (Å²) in [6.45, 7) is 2.02. The van der Waals surface area contributed by atoms with Gasteiger partial charge in [0.1, 0.15) is 5.60 Å². The first-order valence-corrected chi connectivity index (χ1v) is 10.2. The zero-order chi connectivity index (χ0) is 20.2. The van der Waals surface area contributed by atoms with E-state index in [2.05, 4.69) is 0 Å². The third-order valence-corrected chi connectivity index (χ3v) is 5.86.